The van der Waals surface area contributed by atoms with Crippen molar-refractivity contribution in [1.82, 2.24) is 9.97 Å². The minimum Gasteiger partial charge on any atom is -0.509 e. The zero-order chi connectivity index (χ0) is 5.98. The van der Waals surface area contributed by atoms with Crippen LogP contribution in [0.5, 0.6) is 0 Å². The molecule has 1 aromatic rings. The molecule has 0 fully saturated rings. The summed E-state index contributed by atoms with van der Waals surface area (Å²) in [6.45, 7) is 3.67. The van der Waals surface area contributed by atoms with Gasteiger partial charge in [-0.3, -0.25) is 18.0 Å². The number of aryl methyl sites for hydroxylation is 2. The van der Waals surface area contributed by atoms with E-state index < -0.39 is 0 Å². The second kappa shape index (κ2) is 8.86. The second-order valence-electron chi connectivity index (χ2n) is 1.62. The molecule has 0 amide bonds. The Kier molecular flexibility index (Phi) is 14.3. The number of aromatic nitrogens is 2. The zero-order valence-electron chi connectivity index (χ0n) is 5.92. The summed E-state index contributed by atoms with van der Waals surface area (Å²) in [5.41, 5.74) is 0.857. The van der Waals surface area contributed by atoms with Gasteiger partial charge in [-0.25, -0.2) is 0 Å². The molecule has 0 aliphatic rings. The molecule has 1 heterocycles. The Hall–Kier alpha value is 0.768. The van der Waals surface area contributed by atoms with Gasteiger partial charge in [0.1, 0.15) is 0 Å². The molecule has 0 saturated heterocycles. The number of hydrogen-bond donors (Lipinski definition) is 0. The van der Waals surface area contributed by atoms with Gasteiger partial charge in [0.15, 0.2) is 0 Å². The fraction of sp³-hybridized carbons (Fsp3) is 0.429. The Bertz CT molecular complexity index is 155. The summed E-state index contributed by atoms with van der Waals surface area (Å²) < 4.78 is 0. The molecule has 0 aliphatic carbocycles. The summed E-state index contributed by atoms with van der Waals surface area (Å²) in [6.07, 6.45) is 5.46. The van der Waals surface area contributed by atoms with Crippen LogP contribution in [0.2, 0.25) is 0 Å². The van der Waals surface area contributed by atoms with Crippen molar-refractivity contribution in [3.8, 4) is 0 Å². The maximum atomic E-state index is 3.81. The Morgan fingerprint density at radius 2 is 1.45 bits per heavy atom. The fourth-order valence-corrected chi connectivity index (χ4v) is 0.380. The maximum Gasteiger partial charge on any atom is 0 e. The van der Waals surface area contributed by atoms with Crippen molar-refractivity contribution in [2.75, 3.05) is 0 Å². The van der Waals surface area contributed by atoms with Crippen molar-refractivity contribution in [2.24, 2.45) is 0 Å². The van der Waals surface area contributed by atoms with Gasteiger partial charge >= 0.3 is 0 Å². The molecule has 0 aromatic carbocycles. The third-order valence-electron chi connectivity index (χ3n) is 0.771. The largest absolute Gasteiger partial charge is 0.509 e. The van der Waals surface area contributed by atoms with E-state index >= 15 is 0 Å². The van der Waals surface area contributed by atoms with Crippen LogP contribution in [-0.2, 0) is 51.3 Å². The molecule has 4 heteroatoms. The summed E-state index contributed by atoms with van der Waals surface area (Å²) in [5, 5.41) is 0. The molecule has 0 saturated carbocycles. The quantitative estimate of drug-likeness (QED) is 0.659. The molecule has 0 spiro atoms. The van der Waals surface area contributed by atoms with E-state index in [2.05, 4.69) is 22.4 Å². The third-order valence-corrected chi connectivity index (χ3v) is 0.771. The van der Waals surface area contributed by atoms with Gasteiger partial charge in [-0.1, -0.05) is 21.3 Å². The number of hydrogen-bond acceptors (Lipinski definition) is 2. The minimum absolute atomic E-state index is 0. The first kappa shape index (κ1) is 17.7. The van der Waals surface area contributed by atoms with Gasteiger partial charge in [0, 0.05) is 51.3 Å². The van der Waals surface area contributed by atoms with Crippen LogP contribution in [0.15, 0.2) is 0 Å². The van der Waals surface area contributed by atoms with Gasteiger partial charge in [0.25, 0.3) is 0 Å². The second-order valence-corrected chi connectivity index (χ2v) is 1.62. The van der Waals surface area contributed by atoms with Crippen molar-refractivity contribution in [3.05, 3.63) is 23.8 Å². The Morgan fingerprint density at radius 3 is 1.73 bits per heavy atom. The Morgan fingerprint density at radius 1 is 1.09 bits per heavy atom. The van der Waals surface area contributed by atoms with Gasteiger partial charge in [-0.15, -0.1) is 5.82 Å². The molecule has 2 nitrogen and oxygen atoms in total. The molecule has 11 heavy (non-hydrogen) atoms. The van der Waals surface area contributed by atoms with Gasteiger partial charge in [-0.2, -0.15) is 0 Å². The zero-order valence-corrected chi connectivity index (χ0v) is 10.2. The monoisotopic (exact) mass is 262 g/mol. The van der Waals surface area contributed by atoms with Crippen molar-refractivity contribution >= 4 is 0 Å². The van der Waals surface area contributed by atoms with Crippen LogP contribution in [0, 0.1) is 26.2 Å². The Labute approximate surface area is 105 Å². The molecule has 58 valence electrons. The SMILES string of the molecule is C.Cc1[c-]nc(C)n[c-]1.[V].[Y]. The normalized spacial score (nSPS) is 6.73. The van der Waals surface area contributed by atoms with Crippen LogP contribution in [0.1, 0.15) is 18.8 Å². The summed E-state index contributed by atoms with van der Waals surface area (Å²) in [7, 11) is 0. The summed E-state index contributed by atoms with van der Waals surface area (Å²) >= 11 is 0. The van der Waals surface area contributed by atoms with E-state index in [1.165, 1.54) is 0 Å². The topological polar surface area (TPSA) is 25.8 Å². The van der Waals surface area contributed by atoms with Gasteiger partial charge in [0.2, 0.25) is 0 Å². The van der Waals surface area contributed by atoms with E-state index in [0.717, 1.165) is 11.4 Å². The van der Waals surface area contributed by atoms with Crippen LogP contribution < -0.4 is 0 Å². The van der Waals surface area contributed by atoms with Gasteiger partial charge < -0.3 is 9.97 Å². The van der Waals surface area contributed by atoms with Crippen molar-refractivity contribution in [2.45, 2.75) is 21.3 Å². The van der Waals surface area contributed by atoms with Gasteiger partial charge in [-0.05, 0) is 0 Å². The van der Waals surface area contributed by atoms with Crippen LogP contribution in [0.4, 0.5) is 0 Å². The first-order valence-corrected chi connectivity index (χ1v) is 2.39. The van der Waals surface area contributed by atoms with E-state index in [1.54, 1.807) is 0 Å². The molecule has 0 atom stereocenters. The number of rotatable bonds is 0. The molecule has 0 bridgehead atoms. The van der Waals surface area contributed by atoms with Crippen molar-refractivity contribution in [1.29, 1.82) is 0 Å². The van der Waals surface area contributed by atoms with Gasteiger partial charge in [0.05, 0.1) is 0 Å². The fourth-order valence-electron chi connectivity index (χ4n) is 0.380. The summed E-state index contributed by atoms with van der Waals surface area (Å²) in [5.74, 6) is 0.718. The predicted molar refractivity (Wildman–Crippen MR) is 35.9 cm³/mol. The van der Waals surface area contributed by atoms with E-state index in [1.807, 2.05) is 13.8 Å². The molecule has 1 aromatic heterocycles. The van der Waals surface area contributed by atoms with Crippen LogP contribution in [-0.4, -0.2) is 9.97 Å². The standard InChI is InChI=1S/C6H6N2.CH4.V.Y/c1-5-3-7-6(2)8-4-5;;;/h1-2H3;1H4;;/q-2;;;. The first-order valence-electron chi connectivity index (χ1n) is 2.39. The third kappa shape index (κ3) is 7.14. The van der Waals surface area contributed by atoms with E-state index in [-0.39, 0.29) is 58.7 Å². The molecule has 1 rings (SSSR count). The van der Waals surface area contributed by atoms with Crippen LogP contribution in [0.25, 0.3) is 0 Å². The summed E-state index contributed by atoms with van der Waals surface area (Å²) in [4.78, 5) is 7.62. The van der Waals surface area contributed by atoms with Crippen LogP contribution >= 0.6 is 0 Å². The minimum atomic E-state index is 0. The summed E-state index contributed by atoms with van der Waals surface area (Å²) in [6, 6.07) is 0. The van der Waals surface area contributed by atoms with Crippen molar-refractivity contribution in [3.63, 3.8) is 0 Å². The smallest absolute Gasteiger partial charge is 0 e. The van der Waals surface area contributed by atoms with E-state index in [9.17, 15) is 0 Å². The van der Waals surface area contributed by atoms with Crippen LogP contribution in [0.3, 0.4) is 0 Å². The molecule has 0 aliphatic heterocycles. The van der Waals surface area contributed by atoms with E-state index in [4.69, 9.17) is 0 Å². The predicted octanol–water partition coefficient (Wildman–Crippen LogP) is 1.32. The first-order chi connectivity index (χ1) is 3.79. The maximum absolute atomic E-state index is 3.81. The molecule has 0 unspecified atom stereocenters. The van der Waals surface area contributed by atoms with Crippen molar-refractivity contribution < 1.29 is 51.3 Å². The molecule has 0 N–H and O–H groups in total. The average Bonchev–Trinajstić information content (AvgIpc) is 1.77. The Balaban J connectivity index is -0.000000213. The molecule has 2 radical (unpaired) electrons. The number of nitrogens with zero attached hydrogens (tertiary/aromatic N) is 2. The molecular weight excluding hydrogens is 252 g/mol. The molecular formula is C7H10N2VY-2. The van der Waals surface area contributed by atoms with E-state index in [0.29, 0.717) is 0 Å². The average molecular weight is 262 g/mol.